The largest absolute Gasteiger partial charge is 0.459 e. The first-order chi connectivity index (χ1) is 6.65. The molecule has 0 unspecified atom stereocenters. The highest BCUT2D eigenvalue weighted by atomic mass is 16.5. The van der Waals surface area contributed by atoms with E-state index in [9.17, 15) is 9.59 Å². The van der Waals surface area contributed by atoms with Gasteiger partial charge in [-0.1, -0.05) is 6.92 Å². The van der Waals surface area contributed by atoms with Crippen LogP contribution >= 0.6 is 0 Å². The van der Waals surface area contributed by atoms with Crippen molar-refractivity contribution in [3.8, 4) is 0 Å². The molecule has 0 N–H and O–H groups in total. The molecule has 4 heteroatoms. The summed E-state index contributed by atoms with van der Waals surface area (Å²) in [6.07, 6.45) is 1.95. The lowest BCUT2D eigenvalue weighted by molar-refractivity contribution is -0.160. The number of amides is 1. The maximum atomic E-state index is 11.4. The molecule has 0 spiro atoms. The lowest BCUT2D eigenvalue weighted by Gasteiger charge is -2.29. The standard InChI is InChI=1S/C10H17NO3/c1-3-14-10(13)9(12)11-6-4-8(2)5-7-11/h8H,3-7H2,1-2H3. The van der Waals surface area contributed by atoms with Crippen molar-refractivity contribution in [2.45, 2.75) is 26.7 Å². The number of likely N-dealkylation sites (tertiary alicyclic amines) is 1. The van der Waals surface area contributed by atoms with Crippen molar-refractivity contribution in [1.29, 1.82) is 0 Å². The molecule has 0 aromatic carbocycles. The highest BCUT2D eigenvalue weighted by Gasteiger charge is 2.26. The summed E-state index contributed by atoms with van der Waals surface area (Å²) in [5, 5.41) is 0. The fourth-order valence-electron chi connectivity index (χ4n) is 1.53. The lowest BCUT2D eigenvalue weighted by Crippen LogP contribution is -2.42. The number of ether oxygens (including phenoxy) is 1. The Balaban J connectivity index is 2.41. The molecular weight excluding hydrogens is 182 g/mol. The third-order valence-corrected chi connectivity index (χ3v) is 2.52. The van der Waals surface area contributed by atoms with Crippen LogP contribution in [0.1, 0.15) is 26.7 Å². The summed E-state index contributed by atoms with van der Waals surface area (Å²) in [6, 6.07) is 0. The molecule has 80 valence electrons. The third-order valence-electron chi connectivity index (χ3n) is 2.52. The van der Waals surface area contributed by atoms with Crippen molar-refractivity contribution < 1.29 is 14.3 Å². The van der Waals surface area contributed by atoms with E-state index in [1.165, 1.54) is 0 Å². The molecular formula is C10H17NO3. The first-order valence-electron chi connectivity index (χ1n) is 5.11. The maximum absolute atomic E-state index is 11.4. The Morgan fingerprint density at radius 2 is 1.93 bits per heavy atom. The van der Waals surface area contributed by atoms with Crippen molar-refractivity contribution in [2.75, 3.05) is 19.7 Å². The summed E-state index contributed by atoms with van der Waals surface area (Å²) in [5.41, 5.74) is 0. The maximum Gasteiger partial charge on any atom is 0.397 e. The van der Waals surface area contributed by atoms with Gasteiger partial charge in [-0.15, -0.1) is 0 Å². The Morgan fingerprint density at radius 1 is 1.36 bits per heavy atom. The number of piperidine rings is 1. The monoisotopic (exact) mass is 199 g/mol. The van der Waals surface area contributed by atoms with Gasteiger partial charge >= 0.3 is 11.9 Å². The summed E-state index contributed by atoms with van der Waals surface area (Å²) in [5.74, 6) is -0.554. The molecule has 0 aromatic rings. The van der Waals surface area contributed by atoms with E-state index in [-0.39, 0.29) is 6.61 Å². The van der Waals surface area contributed by atoms with Crippen molar-refractivity contribution >= 4 is 11.9 Å². The number of rotatable bonds is 1. The van der Waals surface area contributed by atoms with Gasteiger partial charge in [0.15, 0.2) is 0 Å². The van der Waals surface area contributed by atoms with E-state index in [1.807, 2.05) is 0 Å². The fourth-order valence-corrected chi connectivity index (χ4v) is 1.53. The molecule has 0 atom stereocenters. The Bertz CT molecular complexity index is 219. The van der Waals surface area contributed by atoms with Crippen LogP contribution in [0.5, 0.6) is 0 Å². The van der Waals surface area contributed by atoms with Crippen molar-refractivity contribution in [3.63, 3.8) is 0 Å². The van der Waals surface area contributed by atoms with Crippen LogP contribution in [-0.4, -0.2) is 36.5 Å². The van der Waals surface area contributed by atoms with E-state index in [0.717, 1.165) is 12.8 Å². The minimum Gasteiger partial charge on any atom is -0.459 e. The van der Waals surface area contributed by atoms with Crippen LogP contribution in [-0.2, 0) is 14.3 Å². The van der Waals surface area contributed by atoms with Crippen molar-refractivity contribution in [2.24, 2.45) is 5.92 Å². The third kappa shape index (κ3) is 2.72. The van der Waals surface area contributed by atoms with E-state index < -0.39 is 11.9 Å². The molecule has 0 radical (unpaired) electrons. The van der Waals surface area contributed by atoms with Crippen molar-refractivity contribution in [3.05, 3.63) is 0 Å². The predicted octanol–water partition coefficient (Wildman–Crippen LogP) is 0.808. The Hall–Kier alpha value is -1.06. The first kappa shape index (κ1) is 11.0. The quantitative estimate of drug-likeness (QED) is 0.463. The predicted molar refractivity (Wildman–Crippen MR) is 51.6 cm³/mol. The molecule has 0 bridgehead atoms. The second-order valence-corrected chi connectivity index (χ2v) is 3.70. The normalized spacial score (nSPS) is 18.0. The molecule has 1 heterocycles. The van der Waals surface area contributed by atoms with Gasteiger partial charge < -0.3 is 9.64 Å². The number of carbonyl (C=O) groups is 2. The average Bonchev–Trinajstić information content (AvgIpc) is 2.18. The van der Waals surface area contributed by atoms with Gasteiger partial charge in [-0.3, -0.25) is 4.79 Å². The van der Waals surface area contributed by atoms with Crippen LogP contribution in [0.3, 0.4) is 0 Å². The van der Waals surface area contributed by atoms with Gasteiger partial charge in [0, 0.05) is 13.1 Å². The Kier molecular flexibility index (Phi) is 3.92. The average molecular weight is 199 g/mol. The zero-order valence-corrected chi connectivity index (χ0v) is 8.78. The van der Waals surface area contributed by atoms with Gasteiger partial charge in [0.05, 0.1) is 6.61 Å². The molecule has 0 saturated carbocycles. The molecule has 1 fully saturated rings. The van der Waals surface area contributed by atoms with Gasteiger partial charge in [-0.05, 0) is 25.7 Å². The summed E-state index contributed by atoms with van der Waals surface area (Å²) >= 11 is 0. The van der Waals surface area contributed by atoms with Crippen molar-refractivity contribution in [1.82, 2.24) is 4.90 Å². The van der Waals surface area contributed by atoms with E-state index in [2.05, 4.69) is 11.7 Å². The summed E-state index contributed by atoms with van der Waals surface area (Å²) < 4.78 is 4.65. The highest BCUT2D eigenvalue weighted by molar-refractivity contribution is 6.32. The minimum absolute atomic E-state index is 0.259. The van der Waals surface area contributed by atoms with E-state index in [4.69, 9.17) is 0 Å². The number of nitrogens with zero attached hydrogens (tertiary/aromatic N) is 1. The topological polar surface area (TPSA) is 46.6 Å². The number of carbonyl (C=O) groups excluding carboxylic acids is 2. The number of hydrogen-bond donors (Lipinski definition) is 0. The van der Waals surface area contributed by atoms with Crippen LogP contribution in [0.4, 0.5) is 0 Å². The van der Waals surface area contributed by atoms with E-state index in [0.29, 0.717) is 19.0 Å². The zero-order valence-electron chi connectivity index (χ0n) is 8.78. The zero-order chi connectivity index (χ0) is 10.6. The SMILES string of the molecule is CCOC(=O)C(=O)N1CCC(C)CC1. The Morgan fingerprint density at radius 3 is 2.43 bits per heavy atom. The van der Waals surface area contributed by atoms with E-state index in [1.54, 1.807) is 11.8 Å². The smallest absolute Gasteiger partial charge is 0.397 e. The summed E-state index contributed by atoms with van der Waals surface area (Å²) in [7, 11) is 0. The molecule has 0 aromatic heterocycles. The molecule has 1 aliphatic rings. The van der Waals surface area contributed by atoms with Gasteiger partial charge in [0.25, 0.3) is 0 Å². The van der Waals surface area contributed by atoms with Crippen LogP contribution in [0.2, 0.25) is 0 Å². The fraction of sp³-hybridized carbons (Fsp3) is 0.800. The second-order valence-electron chi connectivity index (χ2n) is 3.70. The van der Waals surface area contributed by atoms with Gasteiger partial charge in [-0.25, -0.2) is 4.79 Å². The van der Waals surface area contributed by atoms with E-state index >= 15 is 0 Å². The second kappa shape index (κ2) is 4.98. The molecule has 1 aliphatic heterocycles. The molecule has 0 aliphatic carbocycles. The van der Waals surface area contributed by atoms with Crippen LogP contribution in [0, 0.1) is 5.92 Å². The lowest BCUT2D eigenvalue weighted by atomic mass is 9.99. The van der Waals surface area contributed by atoms with Gasteiger partial charge in [0.2, 0.25) is 0 Å². The van der Waals surface area contributed by atoms with Crippen LogP contribution in [0.25, 0.3) is 0 Å². The molecule has 14 heavy (non-hydrogen) atoms. The molecule has 4 nitrogen and oxygen atoms in total. The van der Waals surface area contributed by atoms with Gasteiger partial charge in [-0.2, -0.15) is 0 Å². The Labute approximate surface area is 84.2 Å². The summed E-state index contributed by atoms with van der Waals surface area (Å²) in [4.78, 5) is 24.1. The number of hydrogen-bond acceptors (Lipinski definition) is 3. The van der Waals surface area contributed by atoms with Crippen LogP contribution in [0.15, 0.2) is 0 Å². The molecule has 1 rings (SSSR count). The molecule has 1 amide bonds. The van der Waals surface area contributed by atoms with Crippen LogP contribution < -0.4 is 0 Å². The molecule has 1 saturated heterocycles. The highest BCUT2D eigenvalue weighted by Crippen LogP contribution is 2.15. The van der Waals surface area contributed by atoms with Gasteiger partial charge in [0.1, 0.15) is 0 Å². The summed E-state index contributed by atoms with van der Waals surface area (Å²) in [6.45, 7) is 5.47. The minimum atomic E-state index is -0.720. The first-order valence-corrected chi connectivity index (χ1v) is 5.11. The number of esters is 1.